The number of hydrogen-bond acceptors (Lipinski definition) is 2. The number of rotatable bonds is 3. The fourth-order valence-corrected chi connectivity index (χ4v) is 3.25. The molecule has 2 heteroatoms. The molecule has 2 nitrogen and oxygen atoms in total. The predicted molar refractivity (Wildman–Crippen MR) is 58.4 cm³/mol. The van der Waals surface area contributed by atoms with Crippen molar-refractivity contribution in [2.24, 2.45) is 11.3 Å². The van der Waals surface area contributed by atoms with E-state index >= 15 is 0 Å². The first-order valence-corrected chi connectivity index (χ1v) is 5.92. The van der Waals surface area contributed by atoms with Crippen LogP contribution >= 0.6 is 0 Å². The highest BCUT2D eigenvalue weighted by molar-refractivity contribution is 4.99. The lowest BCUT2D eigenvalue weighted by atomic mass is 9.81. The lowest BCUT2D eigenvalue weighted by Gasteiger charge is -2.29. The Kier molecular flexibility index (Phi) is 2.85. The maximum atomic E-state index is 5.85. The fourth-order valence-electron chi connectivity index (χ4n) is 3.25. The minimum absolute atomic E-state index is 0.386. The Morgan fingerprint density at radius 3 is 3.00 bits per heavy atom. The van der Waals surface area contributed by atoms with E-state index in [1.54, 1.807) is 0 Å². The van der Waals surface area contributed by atoms with E-state index in [2.05, 4.69) is 25.8 Å². The van der Waals surface area contributed by atoms with Crippen molar-refractivity contribution in [1.82, 2.24) is 4.90 Å². The van der Waals surface area contributed by atoms with Crippen LogP contribution in [0.4, 0.5) is 0 Å². The van der Waals surface area contributed by atoms with Gasteiger partial charge in [0.15, 0.2) is 0 Å². The summed E-state index contributed by atoms with van der Waals surface area (Å²) in [4.78, 5) is 2.48. The summed E-state index contributed by atoms with van der Waals surface area (Å²) < 4.78 is 5.85. The van der Waals surface area contributed by atoms with Gasteiger partial charge >= 0.3 is 0 Å². The van der Waals surface area contributed by atoms with Crippen LogP contribution in [0.5, 0.6) is 0 Å². The summed E-state index contributed by atoms with van der Waals surface area (Å²) in [5.41, 5.74) is 0.513. The van der Waals surface area contributed by atoms with Gasteiger partial charge in [0.2, 0.25) is 0 Å². The van der Waals surface area contributed by atoms with Gasteiger partial charge in [-0.15, -0.1) is 0 Å². The second kappa shape index (κ2) is 3.82. The van der Waals surface area contributed by atoms with Crippen LogP contribution in [0.3, 0.4) is 0 Å². The van der Waals surface area contributed by atoms with Crippen molar-refractivity contribution in [3.8, 4) is 0 Å². The number of likely N-dealkylation sites (tertiary alicyclic amines) is 1. The highest BCUT2D eigenvalue weighted by Gasteiger charge is 2.48. The molecule has 82 valence electrons. The summed E-state index contributed by atoms with van der Waals surface area (Å²) in [6, 6.07) is 0. The summed E-state index contributed by atoms with van der Waals surface area (Å²) >= 11 is 0. The van der Waals surface area contributed by atoms with Crippen LogP contribution in [-0.4, -0.2) is 37.7 Å². The summed E-state index contributed by atoms with van der Waals surface area (Å²) in [6.45, 7) is 7.81. The molecule has 1 aliphatic carbocycles. The molecule has 0 aromatic heterocycles. The number of hydrogen-bond donors (Lipinski definition) is 0. The summed E-state index contributed by atoms with van der Waals surface area (Å²) in [6.07, 6.45) is 4.61. The highest BCUT2D eigenvalue weighted by Crippen LogP contribution is 2.48. The van der Waals surface area contributed by atoms with Crippen LogP contribution in [0.15, 0.2) is 0 Å². The fraction of sp³-hybridized carbons (Fsp3) is 1.00. The van der Waals surface area contributed by atoms with Crippen molar-refractivity contribution < 1.29 is 4.74 Å². The van der Waals surface area contributed by atoms with Gasteiger partial charge in [-0.05, 0) is 39.7 Å². The largest absolute Gasteiger partial charge is 0.378 e. The molecule has 1 saturated heterocycles. The topological polar surface area (TPSA) is 12.5 Å². The van der Waals surface area contributed by atoms with Crippen molar-refractivity contribution in [3.63, 3.8) is 0 Å². The van der Waals surface area contributed by atoms with E-state index in [1.165, 1.54) is 32.4 Å². The first kappa shape index (κ1) is 10.4. The molecule has 2 aliphatic rings. The standard InChI is InChI=1S/C12H23NO/c1-10(2)14-9-12-6-4-5-11(12)7-13(3)8-12/h10-11H,4-9H2,1-3H3. The monoisotopic (exact) mass is 197 g/mol. The molecule has 2 unspecified atom stereocenters. The van der Waals surface area contributed by atoms with Gasteiger partial charge in [-0.1, -0.05) is 6.42 Å². The van der Waals surface area contributed by atoms with Crippen LogP contribution in [0.2, 0.25) is 0 Å². The van der Waals surface area contributed by atoms with Gasteiger partial charge in [-0.3, -0.25) is 0 Å². The molecule has 1 aliphatic heterocycles. The Labute approximate surface area is 87.6 Å². The SMILES string of the molecule is CC(C)OCC12CCCC1CN(C)C2. The molecular formula is C12H23NO. The molecule has 0 bridgehead atoms. The zero-order valence-electron chi connectivity index (χ0n) is 9.75. The van der Waals surface area contributed by atoms with E-state index in [1.807, 2.05) is 0 Å². The summed E-state index contributed by atoms with van der Waals surface area (Å²) in [5.74, 6) is 0.909. The maximum absolute atomic E-state index is 5.85. The van der Waals surface area contributed by atoms with E-state index in [-0.39, 0.29) is 0 Å². The average molecular weight is 197 g/mol. The maximum Gasteiger partial charge on any atom is 0.0541 e. The van der Waals surface area contributed by atoms with E-state index < -0.39 is 0 Å². The number of fused-ring (bicyclic) bond motifs is 1. The number of nitrogens with zero attached hydrogens (tertiary/aromatic N) is 1. The molecule has 0 radical (unpaired) electrons. The van der Waals surface area contributed by atoms with Crippen LogP contribution in [0, 0.1) is 11.3 Å². The molecule has 0 spiro atoms. The minimum atomic E-state index is 0.386. The van der Waals surface area contributed by atoms with Crippen LogP contribution in [0.1, 0.15) is 33.1 Å². The Morgan fingerprint density at radius 1 is 1.50 bits per heavy atom. The Bertz CT molecular complexity index is 204. The zero-order valence-corrected chi connectivity index (χ0v) is 9.75. The van der Waals surface area contributed by atoms with Gasteiger partial charge in [0.1, 0.15) is 0 Å². The van der Waals surface area contributed by atoms with Crippen molar-refractivity contribution in [1.29, 1.82) is 0 Å². The average Bonchev–Trinajstić information content (AvgIpc) is 2.56. The van der Waals surface area contributed by atoms with Crippen molar-refractivity contribution >= 4 is 0 Å². The smallest absolute Gasteiger partial charge is 0.0541 e. The lowest BCUT2D eigenvalue weighted by Crippen LogP contribution is -2.32. The molecule has 2 rings (SSSR count). The minimum Gasteiger partial charge on any atom is -0.378 e. The predicted octanol–water partition coefficient (Wildman–Crippen LogP) is 2.14. The summed E-state index contributed by atoms with van der Waals surface area (Å²) in [5, 5.41) is 0. The van der Waals surface area contributed by atoms with Crippen LogP contribution in [-0.2, 0) is 4.74 Å². The molecule has 2 atom stereocenters. The second-order valence-corrected chi connectivity index (χ2v) is 5.51. The number of ether oxygens (including phenoxy) is 1. The molecule has 0 aromatic carbocycles. The molecule has 1 saturated carbocycles. The van der Waals surface area contributed by atoms with E-state index in [0.717, 1.165) is 12.5 Å². The van der Waals surface area contributed by atoms with Gasteiger partial charge in [-0.25, -0.2) is 0 Å². The van der Waals surface area contributed by atoms with E-state index in [0.29, 0.717) is 11.5 Å². The molecule has 14 heavy (non-hydrogen) atoms. The molecular weight excluding hydrogens is 174 g/mol. The van der Waals surface area contributed by atoms with Crippen molar-refractivity contribution in [3.05, 3.63) is 0 Å². The zero-order chi connectivity index (χ0) is 10.2. The quantitative estimate of drug-likeness (QED) is 0.687. The first-order valence-electron chi connectivity index (χ1n) is 5.92. The molecule has 0 aromatic rings. The Morgan fingerprint density at radius 2 is 2.29 bits per heavy atom. The van der Waals surface area contributed by atoms with Gasteiger partial charge < -0.3 is 9.64 Å². The van der Waals surface area contributed by atoms with E-state index in [4.69, 9.17) is 4.74 Å². The van der Waals surface area contributed by atoms with Crippen LogP contribution in [0.25, 0.3) is 0 Å². The molecule has 1 heterocycles. The van der Waals surface area contributed by atoms with Crippen LogP contribution < -0.4 is 0 Å². The molecule has 0 N–H and O–H groups in total. The van der Waals surface area contributed by atoms with Crippen molar-refractivity contribution in [2.45, 2.75) is 39.2 Å². The highest BCUT2D eigenvalue weighted by atomic mass is 16.5. The third kappa shape index (κ3) is 1.82. The molecule has 2 fully saturated rings. The third-order valence-electron chi connectivity index (χ3n) is 3.91. The Hall–Kier alpha value is -0.0800. The lowest BCUT2D eigenvalue weighted by molar-refractivity contribution is 0.00241. The second-order valence-electron chi connectivity index (χ2n) is 5.51. The van der Waals surface area contributed by atoms with Gasteiger partial charge in [-0.2, -0.15) is 0 Å². The molecule has 0 amide bonds. The van der Waals surface area contributed by atoms with E-state index in [9.17, 15) is 0 Å². The normalized spacial score (nSPS) is 38.1. The third-order valence-corrected chi connectivity index (χ3v) is 3.91. The Balaban J connectivity index is 1.98. The van der Waals surface area contributed by atoms with Crippen molar-refractivity contribution in [2.75, 3.05) is 26.7 Å². The summed E-state index contributed by atoms with van der Waals surface area (Å²) in [7, 11) is 2.25. The van der Waals surface area contributed by atoms with Gasteiger partial charge in [0.05, 0.1) is 12.7 Å². The van der Waals surface area contributed by atoms with Gasteiger partial charge in [0.25, 0.3) is 0 Å². The van der Waals surface area contributed by atoms with Gasteiger partial charge in [0, 0.05) is 18.5 Å². The first-order chi connectivity index (χ1) is 6.62.